The molecule has 0 fully saturated rings. The molecule has 0 aliphatic carbocycles. The molecule has 0 aromatic heterocycles. The van der Waals surface area contributed by atoms with E-state index in [4.69, 9.17) is 11.6 Å². The molecule has 5 heteroatoms. The molecule has 0 amide bonds. The Morgan fingerprint density at radius 1 is 1.05 bits per heavy atom. The normalized spacial score (nSPS) is 12.5. The maximum atomic E-state index is 13.8. The van der Waals surface area contributed by atoms with Gasteiger partial charge in [-0.2, -0.15) is 0 Å². The first-order valence-corrected chi connectivity index (χ1v) is 7.53. The Labute approximate surface area is 132 Å². The predicted molar refractivity (Wildman–Crippen MR) is 81.0 cm³/mol. The molecule has 0 bridgehead atoms. The minimum absolute atomic E-state index is 0.268. The molecule has 1 unspecified atom stereocenters. The first-order valence-electron chi connectivity index (χ1n) is 5.44. The van der Waals surface area contributed by atoms with E-state index in [1.165, 1.54) is 12.1 Å². The number of alkyl halides is 1. The zero-order valence-electron chi connectivity index (χ0n) is 9.85. The van der Waals surface area contributed by atoms with Gasteiger partial charge >= 0.3 is 0 Å². The summed E-state index contributed by atoms with van der Waals surface area (Å²) in [6, 6.07) is 7.53. The average Bonchev–Trinajstić information content (AvgIpc) is 2.36. The van der Waals surface area contributed by atoms with Crippen molar-refractivity contribution in [1.29, 1.82) is 0 Å². The van der Waals surface area contributed by atoms with Crippen LogP contribution in [-0.4, -0.2) is 0 Å². The highest BCUT2D eigenvalue weighted by atomic mass is 79.9. The van der Waals surface area contributed by atoms with Crippen LogP contribution >= 0.6 is 43.5 Å². The number of rotatable bonds is 2. The summed E-state index contributed by atoms with van der Waals surface area (Å²) in [6.07, 6.45) is 0. The molecule has 0 heterocycles. The summed E-state index contributed by atoms with van der Waals surface area (Å²) in [5.41, 5.74) is 1.55. The van der Waals surface area contributed by atoms with Crippen LogP contribution in [0.4, 0.5) is 8.78 Å². The van der Waals surface area contributed by atoms with E-state index in [1.54, 1.807) is 25.1 Å². The van der Waals surface area contributed by atoms with E-state index in [9.17, 15) is 8.78 Å². The summed E-state index contributed by atoms with van der Waals surface area (Å²) in [7, 11) is 0. The molecule has 0 saturated heterocycles. The highest BCUT2D eigenvalue weighted by Gasteiger charge is 2.19. The SMILES string of the molecule is Cc1cc(C(Br)c2cc(Br)ccc2F)c(Cl)cc1F. The Bertz CT molecular complexity index is 629. The van der Waals surface area contributed by atoms with Crippen molar-refractivity contribution in [2.45, 2.75) is 11.8 Å². The second-order valence-electron chi connectivity index (χ2n) is 4.15. The van der Waals surface area contributed by atoms with Gasteiger partial charge in [0.15, 0.2) is 0 Å². The first kappa shape index (κ1) is 14.9. The van der Waals surface area contributed by atoms with E-state index >= 15 is 0 Å². The molecule has 0 saturated carbocycles. The molecule has 100 valence electrons. The zero-order valence-corrected chi connectivity index (χ0v) is 13.8. The molecular formula is C14H9Br2ClF2. The summed E-state index contributed by atoms with van der Waals surface area (Å²) in [4.78, 5) is -0.434. The molecule has 1 atom stereocenters. The van der Waals surface area contributed by atoms with Crippen LogP contribution in [0.3, 0.4) is 0 Å². The Morgan fingerprint density at radius 3 is 2.42 bits per heavy atom. The van der Waals surface area contributed by atoms with E-state index in [2.05, 4.69) is 31.9 Å². The average molecular weight is 410 g/mol. The van der Waals surface area contributed by atoms with Crippen molar-refractivity contribution < 1.29 is 8.78 Å². The zero-order chi connectivity index (χ0) is 14.2. The quantitative estimate of drug-likeness (QED) is 0.519. The Balaban J connectivity index is 2.52. The number of aryl methyl sites for hydroxylation is 1. The first-order chi connectivity index (χ1) is 8.90. The largest absolute Gasteiger partial charge is 0.207 e. The number of hydrogen-bond acceptors (Lipinski definition) is 0. The van der Waals surface area contributed by atoms with Crippen molar-refractivity contribution in [2.75, 3.05) is 0 Å². The Kier molecular flexibility index (Phi) is 4.64. The van der Waals surface area contributed by atoms with Crippen molar-refractivity contribution >= 4 is 43.5 Å². The molecule has 0 nitrogen and oxygen atoms in total. The van der Waals surface area contributed by atoms with E-state index in [0.29, 0.717) is 16.7 Å². The van der Waals surface area contributed by atoms with Gasteiger partial charge in [0.25, 0.3) is 0 Å². The van der Waals surface area contributed by atoms with Crippen LogP contribution in [0.25, 0.3) is 0 Å². The predicted octanol–water partition coefficient (Wildman–Crippen LogP) is 6.17. The van der Waals surface area contributed by atoms with Gasteiger partial charge in [-0.05, 0) is 42.3 Å². The van der Waals surface area contributed by atoms with E-state index < -0.39 is 4.83 Å². The van der Waals surface area contributed by atoms with E-state index in [0.717, 1.165) is 4.47 Å². The van der Waals surface area contributed by atoms with Crippen molar-refractivity contribution in [2.24, 2.45) is 0 Å². The molecule has 2 aromatic carbocycles. The topological polar surface area (TPSA) is 0 Å². The third-order valence-electron chi connectivity index (χ3n) is 2.78. The Hall–Kier alpha value is -0.450. The standard InChI is InChI=1S/C14H9Br2ClF2/c1-7-4-9(11(17)6-13(7)19)14(16)10-5-8(15)2-3-12(10)18/h2-6,14H,1H3. The van der Waals surface area contributed by atoms with Crippen molar-refractivity contribution in [1.82, 2.24) is 0 Å². The van der Waals surface area contributed by atoms with Crippen molar-refractivity contribution in [3.8, 4) is 0 Å². The lowest BCUT2D eigenvalue weighted by Crippen LogP contribution is -1.99. The van der Waals surface area contributed by atoms with Gasteiger partial charge < -0.3 is 0 Å². The van der Waals surface area contributed by atoms with Crippen molar-refractivity contribution in [3.63, 3.8) is 0 Å². The van der Waals surface area contributed by atoms with Crippen LogP contribution in [0.1, 0.15) is 21.5 Å². The summed E-state index contributed by atoms with van der Waals surface area (Å²) < 4.78 is 28.0. The van der Waals surface area contributed by atoms with Gasteiger partial charge in [-0.15, -0.1) is 0 Å². The molecule has 0 N–H and O–H groups in total. The van der Waals surface area contributed by atoms with Gasteiger partial charge in [-0.1, -0.05) is 49.5 Å². The fourth-order valence-corrected chi connectivity index (χ4v) is 3.25. The van der Waals surface area contributed by atoms with Crippen LogP contribution in [0.15, 0.2) is 34.8 Å². The highest BCUT2D eigenvalue weighted by molar-refractivity contribution is 9.10. The number of hydrogen-bond donors (Lipinski definition) is 0. The van der Waals surface area contributed by atoms with Crippen molar-refractivity contribution in [3.05, 3.63) is 68.2 Å². The summed E-state index contributed by atoms with van der Waals surface area (Å²) in [5, 5.41) is 0.268. The fourth-order valence-electron chi connectivity index (χ4n) is 1.75. The Morgan fingerprint density at radius 2 is 1.74 bits per heavy atom. The van der Waals surface area contributed by atoms with Crippen LogP contribution in [-0.2, 0) is 0 Å². The summed E-state index contributed by atoms with van der Waals surface area (Å²) in [6.45, 7) is 1.64. The summed E-state index contributed by atoms with van der Waals surface area (Å²) >= 11 is 12.8. The van der Waals surface area contributed by atoms with Gasteiger partial charge in [0, 0.05) is 15.1 Å². The van der Waals surface area contributed by atoms with Gasteiger partial charge in [0.05, 0.1) is 4.83 Å². The third kappa shape index (κ3) is 3.18. The van der Waals surface area contributed by atoms with E-state index in [-0.39, 0.29) is 16.7 Å². The maximum absolute atomic E-state index is 13.8. The monoisotopic (exact) mass is 408 g/mol. The third-order valence-corrected chi connectivity index (χ3v) is 4.59. The maximum Gasteiger partial charge on any atom is 0.127 e. The van der Waals surface area contributed by atoms with Gasteiger partial charge in [-0.25, -0.2) is 8.78 Å². The molecule has 0 aliphatic rings. The molecular weight excluding hydrogens is 401 g/mol. The number of benzene rings is 2. The second kappa shape index (κ2) is 5.90. The van der Waals surface area contributed by atoms with E-state index in [1.807, 2.05) is 0 Å². The second-order valence-corrected chi connectivity index (χ2v) is 6.39. The minimum atomic E-state index is -0.434. The van der Waals surface area contributed by atoms with Gasteiger partial charge in [0.2, 0.25) is 0 Å². The molecule has 0 radical (unpaired) electrons. The fraction of sp³-hybridized carbons (Fsp3) is 0.143. The van der Waals surface area contributed by atoms with Gasteiger partial charge in [0.1, 0.15) is 11.6 Å². The van der Waals surface area contributed by atoms with Crippen LogP contribution < -0.4 is 0 Å². The lowest BCUT2D eigenvalue weighted by atomic mass is 10.0. The van der Waals surface area contributed by atoms with Gasteiger partial charge in [-0.3, -0.25) is 0 Å². The molecule has 0 spiro atoms. The van der Waals surface area contributed by atoms with Crippen LogP contribution in [0.2, 0.25) is 5.02 Å². The summed E-state index contributed by atoms with van der Waals surface area (Å²) in [5.74, 6) is -0.716. The van der Waals surface area contributed by atoms with Crippen LogP contribution in [0, 0.1) is 18.6 Å². The highest BCUT2D eigenvalue weighted by Crippen LogP contribution is 2.38. The lowest BCUT2D eigenvalue weighted by Gasteiger charge is -2.15. The molecule has 0 aliphatic heterocycles. The molecule has 2 aromatic rings. The number of halogens is 5. The minimum Gasteiger partial charge on any atom is -0.207 e. The lowest BCUT2D eigenvalue weighted by molar-refractivity contribution is 0.611. The van der Waals surface area contributed by atoms with Crippen LogP contribution in [0.5, 0.6) is 0 Å². The smallest absolute Gasteiger partial charge is 0.127 e. The molecule has 19 heavy (non-hydrogen) atoms. The molecule has 2 rings (SSSR count).